The van der Waals surface area contributed by atoms with Crippen LogP contribution >= 0.6 is 0 Å². The average Bonchev–Trinajstić information content (AvgIpc) is 3.01. The molecule has 2 aliphatic rings. The lowest BCUT2D eigenvalue weighted by molar-refractivity contribution is -0.134. The molecular formula is C22H30N4O5. The molecule has 1 saturated heterocycles. The van der Waals surface area contributed by atoms with Crippen molar-refractivity contribution in [2.45, 2.75) is 44.6 Å². The van der Waals surface area contributed by atoms with Crippen molar-refractivity contribution in [1.82, 2.24) is 20.9 Å². The van der Waals surface area contributed by atoms with Crippen molar-refractivity contribution in [1.29, 1.82) is 0 Å². The van der Waals surface area contributed by atoms with Gasteiger partial charge in [0.15, 0.2) is 0 Å². The molecule has 5 amide bonds. The number of urea groups is 1. The second-order valence-electron chi connectivity index (χ2n) is 8.15. The van der Waals surface area contributed by atoms with Gasteiger partial charge in [0.25, 0.3) is 5.91 Å². The van der Waals surface area contributed by atoms with Gasteiger partial charge >= 0.3 is 6.03 Å². The van der Waals surface area contributed by atoms with E-state index in [2.05, 4.69) is 16.0 Å². The van der Waals surface area contributed by atoms with E-state index in [4.69, 9.17) is 4.74 Å². The summed E-state index contributed by atoms with van der Waals surface area (Å²) in [7, 11) is 1.54. The molecule has 9 nitrogen and oxygen atoms in total. The number of methoxy groups -OCH3 is 1. The minimum Gasteiger partial charge on any atom is -0.497 e. The molecule has 1 aliphatic heterocycles. The van der Waals surface area contributed by atoms with Gasteiger partial charge in [-0.1, -0.05) is 31.4 Å². The third kappa shape index (κ3) is 5.15. The molecule has 0 aromatic heterocycles. The molecule has 2 fully saturated rings. The van der Waals surface area contributed by atoms with Gasteiger partial charge in [0.1, 0.15) is 17.8 Å². The van der Waals surface area contributed by atoms with E-state index in [0.29, 0.717) is 17.9 Å². The fourth-order valence-electron chi connectivity index (χ4n) is 4.06. The Kier molecular flexibility index (Phi) is 7.14. The van der Waals surface area contributed by atoms with Gasteiger partial charge in [0.05, 0.1) is 7.11 Å². The van der Waals surface area contributed by atoms with Gasteiger partial charge in [0, 0.05) is 19.0 Å². The molecule has 3 rings (SSSR count). The number of imide groups is 1. The largest absolute Gasteiger partial charge is 0.497 e. The second kappa shape index (κ2) is 9.80. The summed E-state index contributed by atoms with van der Waals surface area (Å²) in [5, 5.41) is 8.15. The van der Waals surface area contributed by atoms with Crippen LogP contribution in [0.5, 0.6) is 5.75 Å². The number of carbonyl (C=O) groups excluding carboxylic acids is 4. The van der Waals surface area contributed by atoms with Gasteiger partial charge < -0.3 is 20.7 Å². The standard InChI is InChI=1S/C22H30N4O5/c1-22(16-8-10-17(31-2)11-9-16)20(29)26(21(30)25-22)14-18(27)23-12-13-24-19(28)15-6-4-3-5-7-15/h8-11,15H,3-7,12-14H2,1-2H3,(H,23,27)(H,24,28)(H,25,30). The van der Waals surface area contributed by atoms with E-state index >= 15 is 0 Å². The Bertz CT molecular complexity index is 835. The monoisotopic (exact) mass is 430 g/mol. The van der Waals surface area contributed by atoms with E-state index in [1.807, 2.05) is 0 Å². The third-order valence-electron chi connectivity index (χ3n) is 5.97. The fraction of sp³-hybridized carbons (Fsp3) is 0.545. The molecule has 1 aliphatic carbocycles. The van der Waals surface area contributed by atoms with Crippen molar-refractivity contribution in [3.8, 4) is 5.75 Å². The van der Waals surface area contributed by atoms with E-state index in [9.17, 15) is 19.2 Å². The lowest BCUT2D eigenvalue weighted by atomic mass is 9.89. The van der Waals surface area contributed by atoms with Crippen LogP contribution in [0.4, 0.5) is 4.79 Å². The minimum atomic E-state index is -1.25. The summed E-state index contributed by atoms with van der Waals surface area (Å²) >= 11 is 0. The summed E-state index contributed by atoms with van der Waals surface area (Å²) in [4.78, 5) is 50.5. The molecule has 9 heteroatoms. The zero-order valence-electron chi connectivity index (χ0n) is 18.0. The molecule has 31 heavy (non-hydrogen) atoms. The Hall–Kier alpha value is -3.10. The number of nitrogens with zero attached hydrogens (tertiary/aromatic N) is 1. The first-order valence-corrected chi connectivity index (χ1v) is 10.7. The average molecular weight is 431 g/mol. The predicted molar refractivity (Wildman–Crippen MR) is 113 cm³/mol. The molecule has 168 valence electrons. The predicted octanol–water partition coefficient (Wildman–Crippen LogP) is 1.27. The zero-order chi connectivity index (χ0) is 22.4. The van der Waals surface area contributed by atoms with Gasteiger partial charge in [-0.05, 0) is 37.5 Å². The first kappa shape index (κ1) is 22.6. The summed E-state index contributed by atoms with van der Waals surface area (Å²) < 4.78 is 5.12. The van der Waals surface area contributed by atoms with Crippen LogP contribution in [-0.2, 0) is 19.9 Å². The summed E-state index contributed by atoms with van der Waals surface area (Å²) in [6.45, 7) is 1.77. The van der Waals surface area contributed by atoms with Crippen LogP contribution in [0.2, 0.25) is 0 Å². The molecule has 0 bridgehead atoms. The maximum absolute atomic E-state index is 12.9. The molecule has 1 heterocycles. The quantitative estimate of drug-likeness (QED) is 0.424. The number of ether oxygens (including phenoxy) is 1. The number of benzene rings is 1. The van der Waals surface area contributed by atoms with Crippen LogP contribution in [0.15, 0.2) is 24.3 Å². The number of hydrogen-bond acceptors (Lipinski definition) is 5. The van der Waals surface area contributed by atoms with Gasteiger partial charge in [-0.15, -0.1) is 0 Å². The van der Waals surface area contributed by atoms with Gasteiger partial charge in [-0.2, -0.15) is 0 Å². The first-order valence-electron chi connectivity index (χ1n) is 10.7. The summed E-state index contributed by atoms with van der Waals surface area (Å²) in [6.07, 6.45) is 5.17. The van der Waals surface area contributed by atoms with Crippen LogP contribution in [-0.4, -0.2) is 55.4 Å². The molecule has 0 spiro atoms. The molecule has 1 atom stereocenters. The van der Waals surface area contributed by atoms with Crippen molar-refractivity contribution < 1.29 is 23.9 Å². The van der Waals surface area contributed by atoms with Crippen molar-refractivity contribution in [2.75, 3.05) is 26.7 Å². The molecule has 3 N–H and O–H groups in total. The number of amides is 5. The lowest BCUT2D eigenvalue weighted by Gasteiger charge is -2.22. The highest BCUT2D eigenvalue weighted by Gasteiger charge is 2.49. The summed E-state index contributed by atoms with van der Waals surface area (Å²) in [5.74, 6) is -0.238. The highest BCUT2D eigenvalue weighted by Crippen LogP contribution is 2.29. The molecule has 1 saturated carbocycles. The SMILES string of the molecule is COc1ccc(C2(C)NC(=O)N(CC(=O)NCCNC(=O)C3CCCCC3)C2=O)cc1. The maximum Gasteiger partial charge on any atom is 0.325 e. The Morgan fingerprint density at radius 3 is 2.39 bits per heavy atom. The van der Waals surface area contributed by atoms with Crippen molar-refractivity contribution in [3.05, 3.63) is 29.8 Å². The van der Waals surface area contributed by atoms with Crippen molar-refractivity contribution in [2.24, 2.45) is 5.92 Å². The zero-order valence-corrected chi connectivity index (χ0v) is 18.0. The van der Waals surface area contributed by atoms with E-state index in [1.165, 1.54) is 6.42 Å². The highest BCUT2D eigenvalue weighted by molar-refractivity contribution is 6.09. The van der Waals surface area contributed by atoms with Gasteiger partial charge in [0.2, 0.25) is 11.8 Å². The Balaban J connectivity index is 1.47. The lowest BCUT2D eigenvalue weighted by Crippen LogP contribution is -2.44. The second-order valence-corrected chi connectivity index (χ2v) is 8.15. The first-order chi connectivity index (χ1) is 14.8. The molecule has 1 aromatic rings. The van der Waals surface area contributed by atoms with E-state index < -0.39 is 23.4 Å². The molecule has 1 unspecified atom stereocenters. The van der Waals surface area contributed by atoms with Crippen LogP contribution in [0.3, 0.4) is 0 Å². The van der Waals surface area contributed by atoms with Crippen LogP contribution < -0.4 is 20.7 Å². The Labute approximate surface area is 181 Å². The van der Waals surface area contributed by atoms with E-state index in [0.717, 1.165) is 30.6 Å². The highest BCUT2D eigenvalue weighted by atomic mass is 16.5. The van der Waals surface area contributed by atoms with E-state index in [-0.39, 0.29) is 24.9 Å². The number of hydrogen-bond donors (Lipinski definition) is 3. The van der Waals surface area contributed by atoms with Crippen molar-refractivity contribution in [3.63, 3.8) is 0 Å². The number of nitrogens with one attached hydrogen (secondary N) is 3. The minimum absolute atomic E-state index is 0.0262. The van der Waals surface area contributed by atoms with Crippen molar-refractivity contribution >= 4 is 23.8 Å². The maximum atomic E-state index is 12.9. The topological polar surface area (TPSA) is 117 Å². The third-order valence-corrected chi connectivity index (χ3v) is 5.97. The number of carbonyl (C=O) groups is 4. The van der Waals surface area contributed by atoms with Crippen LogP contribution in [0.1, 0.15) is 44.6 Å². The van der Waals surface area contributed by atoms with Crippen LogP contribution in [0, 0.1) is 5.92 Å². The van der Waals surface area contributed by atoms with E-state index in [1.54, 1.807) is 38.3 Å². The number of rotatable bonds is 8. The fourth-order valence-corrected chi connectivity index (χ4v) is 4.06. The Morgan fingerprint density at radius 2 is 1.74 bits per heavy atom. The smallest absolute Gasteiger partial charge is 0.325 e. The van der Waals surface area contributed by atoms with Gasteiger partial charge in [-0.25, -0.2) is 4.79 Å². The molecule has 1 aromatic carbocycles. The summed E-state index contributed by atoms with van der Waals surface area (Å²) in [6, 6.07) is 6.20. The normalized spacial score (nSPS) is 21.5. The van der Waals surface area contributed by atoms with Gasteiger partial charge in [-0.3, -0.25) is 19.3 Å². The Morgan fingerprint density at radius 1 is 1.10 bits per heavy atom. The summed E-state index contributed by atoms with van der Waals surface area (Å²) in [5.41, 5.74) is -0.655. The molecular weight excluding hydrogens is 400 g/mol. The van der Waals surface area contributed by atoms with Crippen LogP contribution in [0.25, 0.3) is 0 Å². The molecule has 0 radical (unpaired) electrons.